The van der Waals surface area contributed by atoms with E-state index < -0.39 is 47.9 Å². The second-order valence-corrected chi connectivity index (χ2v) is 12.4. The third-order valence-corrected chi connectivity index (χ3v) is 8.74. The number of hydrogen-bond acceptors (Lipinski definition) is 10. The summed E-state index contributed by atoms with van der Waals surface area (Å²) in [5.41, 5.74) is 4.98. The first-order valence-corrected chi connectivity index (χ1v) is 15.5. The third kappa shape index (κ3) is 10.1. The number of amides is 3. The topological polar surface area (TPSA) is 196 Å². The largest absolute Gasteiger partial charge is 0.497 e. The van der Waals surface area contributed by atoms with Crippen LogP contribution in [-0.4, -0.2) is 114 Å². The summed E-state index contributed by atoms with van der Waals surface area (Å²) in [5, 5.41) is 40.5. The number of rotatable bonds is 15. The van der Waals surface area contributed by atoms with Gasteiger partial charge in [0.15, 0.2) is 0 Å². The lowest BCUT2D eigenvalue weighted by atomic mass is 9.78. The Bertz CT molecular complexity index is 1070. The van der Waals surface area contributed by atoms with E-state index in [0.29, 0.717) is 32.1 Å². The summed E-state index contributed by atoms with van der Waals surface area (Å²) in [7, 11) is 1.54. The average molecular weight is 622 g/mol. The van der Waals surface area contributed by atoms with Crippen LogP contribution >= 0.6 is 0 Å². The Morgan fingerprint density at radius 2 is 1.68 bits per heavy atom. The minimum atomic E-state index is -2.65. The van der Waals surface area contributed by atoms with E-state index in [1.54, 1.807) is 31.4 Å². The van der Waals surface area contributed by atoms with Crippen LogP contribution in [0.15, 0.2) is 24.3 Å². The maximum absolute atomic E-state index is 13.8. The molecule has 0 radical (unpaired) electrons. The number of nitrogens with zero attached hydrogens (tertiary/aromatic N) is 1. The van der Waals surface area contributed by atoms with E-state index in [1.165, 1.54) is 13.8 Å². The molecule has 1 aromatic carbocycles. The van der Waals surface area contributed by atoms with Gasteiger partial charge in [-0.15, -0.1) is 0 Å². The predicted octanol–water partition coefficient (Wildman–Crippen LogP) is -0.595. The van der Waals surface area contributed by atoms with Crippen molar-refractivity contribution in [1.29, 1.82) is 0 Å². The Balaban J connectivity index is 1.78. The quantitative estimate of drug-likeness (QED) is 0.124. The fraction of sp³-hybridized carbons (Fsp3) is 0.710. The van der Waals surface area contributed by atoms with Gasteiger partial charge in [0.1, 0.15) is 17.8 Å². The Labute approximate surface area is 259 Å². The van der Waals surface area contributed by atoms with Gasteiger partial charge < -0.3 is 46.5 Å². The summed E-state index contributed by atoms with van der Waals surface area (Å²) in [4.78, 5) is 41.7. The number of methoxy groups -OCH3 is 1. The Hall–Kier alpha value is -2.81. The van der Waals surface area contributed by atoms with E-state index >= 15 is 0 Å². The van der Waals surface area contributed by atoms with Crippen LogP contribution in [0.3, 0.4) is 0 Å². The van der Waals surface area contributed by atoms with Gasteiger partial charge in [0, 0.05) is 19.5 Å². The number of carbonyl (C=O) groups excluding carboxylic acids is 3. The fourth-order valence-electron chi connectivity index (χ4n) is 5.69. The van der Waals surface area contributed by atoms with Gasteiger partial charge in [-0.3, -0.25) is 19.3 Å². The molecule has 0 aromatic heterocycles. The maximum atomic E-state index is 13.8. The van der Waals surface area contributed by atoms with Crippen molar-refractivity contribution in [3.05, 3.63) is 29.8 Å². The first kappa shape index (κ1) is 35.7. The molecule has 1 aromatic rings. The summed E-state index contributed by atoms with van der Waals surface area (Å²) in [6.45, 7) is 4.56. The molecule has 0 spiro atoms. The minimum absolute atomic E-state index is 0.0793. The van der Waals surface area contributed by atoms with Gasteiger partial charge in [-0.1, -0.05) is 44.2 Å². The number of benzene rings is 1. The van der Waals surface area contributed by atoms with Crippen molar-refractivity contribution in [3.8, 4) is 5.75 Å². The highest BCUT2D eigenvalue weighted by molar-refractivity contribution is 5.92. The molecule has 3 amide bonds. The number of aliphatic hydroxyl groups excluding tert-OH is 1. The van der Waals surface area contributed by atoms with Crippen LogP contribution in [0.25, 0.3) is 0 Å². The van der Waals surface area contributed by atoms with Gasteiger partial charge in [-0.05, 0) is 43.9 Å². The molecule has 2 aliphatic rings. The molecule has 8 N–H and O–H groups in total. The smallest absolute Gasteiger partial charge is 0.243 e. The SMILES string of the molecule is COc1ccc(C[C@H](NC(=O)[C@H](C)NC(=O)CN2CCOCC2)C(=O)N[C@@H](CC2CCCCC2)C(O)(O)[C@@](C)(N)CO)cc1. The molecule has 44 heavy (non-hydrogen) atoms. The molecule has 4 atom stereocenters. The first-order chi connectivity index (χ1) is 20.9. The van der Waals surface area contributed by atoms with E-state index in [-0.39, 0.29) is 31.2 Å². The van der Waals surface area contributed by atoms with Crippen LogP contribution in [0.4, 0.5) is 0 Å². The van der Waals surface area contributed by atoms with Gasteiger partial charge in [0.2, 0.25) is 23.5 Å². The van der Waals surface area contributed by atoms with Crippen LogP contribution in [0, 0.1) is 5.92 Å². The molecular formula is C31H51N5O8. The zero-order chi connectivity index (χ0) is 32.3. The van der Waals surface area contributed by atoms with E-state index in [1.807, 2.05) is 4.90 Å². The molecule has 3 rings (SSSR count). The summed E-state index contributed by atoms with van der Waals surface area (Å²) in [6, 6.07) is 3.72. The molecule has 0 bridgehead atoms. The van der Waals surface area contributed by atoms with Crippen LogP contribution in [0.1, 0.15) is 57.9 Å². The zero-order valence-corrected chi connectivity index (χ0v) is 26.2. The lowest BCUT2D eigenvalue weighted by Gasteiger charge is -2.44. The van der Waals surface area contributed by atoms with Crippen molar-refractivity contribution in [3.63, 3.8) is 0 Å². The zero-order valence-electron chi connectivity index (χ0n) is 26.2. The molecule has 1 saturated carbocycles. The van der Waals surface area contributed by atoms with Crippen molar-refractivity contribution in [2.45, 2.75) is 88.2 Å². The molecular weight excluding hydrogens is 570 g/mol. The second kappa shape index (κ2) is 16.5. The molecule has 2 fully saturated rings. The van der Waals surface area contributed by atoms with Crippen LogP contribution in [-0.2, 0) is 25.5 Å². The predicted molar refractivity (Wildman–Crippen MR) is 163 cm³/mol. The van der Waals surface area contributed by atoms with E-state index in [4.69, 9.17) is 15.2 Å². The van der Waals surface area contributed by atoms with Crippen molar-refractivity contribution in [2.75, 3.05) is 46.6 Å². The first-order valence-electron chi connectivity index (χ1n) is 15.5. The number of nitrogens with two attached hydrogens (primary N) is 1. The highest BCUT2D eigenvalue weighted by Crippen LogP contribution is 2.32. The van der Waals surface area contributed by atoms with E-state index in [9.17, 15) is 29.7 Å². The summed E-state index contributed by atoms with van der Waals surface area (Å²) in [5.74, 6) is -3.45. The monoisotopic (exact) mass is 621 g/mol. The van der Waals surface area contributed by atoms with Crippen molar-refractivity contribution < 1.29 is 39.2 Å². The lowest BCUT2D eigenvalue weighted by molar-refractivity contribution is -0.235. The average Bonchev–Trinajstić information content (AvgIpc) is 3.01. The highest BCUT2D eigenvalue weighted by atomic mass is 16.5. The number of aliphatic hydroxyl groups is 3. The van der Waals surface area contributed by atoms with Crippen LogP contribution in [0.2, 0.25) is 0 Å². The Kier molecular flexibility index (Phi) is 13.4. The normalized spacial score (nSPS) is 20.1. The minimum Gasteiger partial charge on any atom is -0.497 e. The standard InChI is InChI=1S/C31H51N5O8/c1-21(33-27(38)19-36-13-15-44-16-14-36)28(39)34-25(17-23-9-11-24(43-3)12-10-23)29(40)35-26(18-22-7-5-4-6-8-22)31(41,42)30(2,32)20-37/h9-12,21-22,25-26,37,41-42H,4-8,13-20,32H2,1-3H3,(H,33,38)(H,34,39)(H,35,40)/t21-,25-,26-,30-/m0/s1. The Morgan fingerprint density at radius 1 is 1.05 bits per heavy atom. The molecule has 1 saturated heterocycles. The number of morpholine rings is 1. The number of hydrogen-bond donors (Lipinski definition) is 7. The lowest BCUT2D eigenvalue weighted by Crippen LogP contribution is -2.71. The van der Waals surface area contributed by atoms with Gasteiger partial charge >= 0.3 is 0 Å². The molecule has 1 heterocycles. The molecule has 1 aliphatic heterocycles. The third-order valence-electron chi connectivity index (χ3n) is 8.74. The second-order valence-electron chi connectivity index (χ2n) is 12.4. The molecule has 13 heteroatoms. The van der Waals surface area contributed by atoms with E-state index in [2.05, 4.69) is 16.0 Å². The van der Waals surface area contributed by atoms with Gasteiger partial charge in [0.05, 0.1) is 45.1 Å². The summed E-state index contributed by atoms with van der Waals surface area (Å²) in [6.07, 6.45) is 5.16. The fourth-order valence-corrected chi connectivity index (χ4v) is 5.69. The molecule has 248 valence electrons. The molecule has 13 nitrogen and oxygen atoms in total. The van der Waals surface area contributed by atoms with Gasteiger partial charge in [0.25, 0.3) is 0 Å². The number of nitrogens with one attached hydrogen (secondary N) is 3. The van der Waals surface area contributed by atoms with Gasteiger partial charge in [-0.2, -0.15) is 0 Å². The van der Waals surface area contributed by atoms with Crippen molar-refractivity contribution in [2.24, 2.45) is 11.7 Å². The highest BCUT2D eigenvalue weighted by Gasteiger charge is 2.50. The van der Waals surface area contributed by atoms with Crippen molar-refractivity contribution >= 4 is 17.7 Å². The molecule has 0 unspecified atom stereocenters. The van der Waals surface area contributed by atoms with Crippen molar-refractivity contribution in [1.82, 2.24) is 20.9 Å². The van der Waals surface area contributed by atoms with Gasteiger partial charge in [-0.25, -0.2) is 0 Å². The number of ether oxygens (including phenoxy) is 2. The summed E-state index contributed by atoms with van der Waals surface area (Å²) < 4.78 is 10.5. The van der Waals surface area contributed by atoms with Crippen LogP contribution in [0.5, 0.6) is 5.75 Å². The van der Waals surface area contributed by atoms with Crippen LogP contribution < -0.4 is 26.4 Å². The van der Waals surface area contributed by atoms with E-state index in [0.717, 1.165) is 37.7 Å². The molecule has 1 aliphatic carbocycles. The number of carbonyl (C=O) groups is 3. The summed E-state index contributed by atoms with van der Waals surface area (Å²) >= 11 is 0. The maximum Gasteiger partial charge on any atom is 0.243 e. The Morgan fingerprint density at radius 3 is 2.27 bits per heavy atom.